The van der Waals surface area contributed by atoms with E-state index in [9.17, 15) is 9.59 Å². The fourth-order valence-corrected chi connectivity index (χ4v) is 2.10. The molecule has 104 valence electrons. The normalized spacial score (nSPS) is 16.9. The molecule has 0 unspecified atom stereocenters. The lowest BCUT2D eigenvalue weighted by Crippen LogP contribution is -2.18. The van der Waals surface area contributed by atoms with Crippen LogP contribution in [0.2, 0.25) is 0 Å². The molecule has 0 aromatic heterocycles. The molecule has 0 spiro atoms. The van der Waals surface area contributed by atoms with Gasteiger partial charge in [0.2, 0.25) is 0 Å². The molecule has 0 aromatic rings. The average Bonchev–Trinajstić information content (AvgIpc) is 2.62. The summed E-state index contributed by atoms with van der Waals surface area (Å²) in [6.45, 7) is 2.37. The predicted molar refractivity (Wildman–Crippen MR) is 68.1 cm³/mol. The van der Waals surface area contributed by atoms with Gasteiger partial charge in [-0.2, -0.15) is 0 Å². The lowest BCUT2D eigenvalue weighted by atomic mass is 10.1. The van der Waals surface area contributed by atoms with Crippen LogP contribution >= 0.6 is 0 Å². The predicted octanol–water partition coefficient (Wildman–Crippen LogP) is 2.99. The number of ether oxygens (including phenoxy) is 2. The number of hydrogen-bond acceptors (Lipinski definition) is 4. The van der Waals surface area contributed by atoms with E-state index in [1.165, 1.54) is 12.8 Å². The molecule has 0 aromatic carbocycles. The second kappa shape index (κ2) is 8.95. The first-order valence-corrected chi connectivity index (χ1v) is 7.07. The number of rotatable bonds is 6. The monoisotopic (exact) mass is 256 g/mol. The van der Waals surface area contributed by atoms with Crippen LogP contribution in [0.15, 0.2) is 0 Å². The third-order valence-electron chi connectivity index (χ3n) is 3.10. The number of carbonyl (C=O) groups excluding carboxylic acids is 2. The van der Waals surface area contributed by atoms with Crippen LogP contribution in [-0.4, -0.2) is 24.6 Å². The summed E-state index contributed by atoms with van der Waals surface area (Å²) >= 11 is 0. The van der Waals surface area contributed by atoms with Gasteiger partial charge in [-0.15, -0.1) is 0 Å². The van der Waals surface area contributed by atoms with Crippen molar-refractivity contribution in [1.82, 2.24) is 0 Å². The van der Waals surface area contributed by atoms with Crippen molar-refractivity contribution in [3.05, 3.63) is 0 Å². The van der Waals surface area contributed by atoms with Gasteiger partial charge in [-0.05, 0) is 32.1 Å². The Hall–Kier alpha value is -1.06. The van der Waals surface area contributed by atoms with Crippen molar-refractivity contribution in [1.29, 1.82) is 0 Å². The van der Waals surface area contributed by atoms with E-state index in [-0.39, 0.29) is 30.9 Å². The van der Waals surface area contributed by atoms with Crippen LogP contribution in [0.4, 0.5) is 0 Å². The molecule has 1 aliphatic carbocycles. The highest BCUT2D eigenvalue weighted by atomic mass is 16.5. The molecule has 0 N–H and O–H groups in total. The highest BCUT2D eigenvalue weighted by Crippen LogP contribution is 2.20. The molecule has 0 aliphatic heterocycles. The van der Waals surface area contributed by atoms with Gasteiger partial charge in [-0.25, -0.2) is 0 Å². The summed E-state index contributed by atoms with van der Waals surface area (Å²) in [6.07, 6.45) is 7.80. The Balaban J connectivity index is 2.14. The Morgan fingerprint density at radius 1 is 1.00 bits per heavy atom. The molecule has 0 bridgehead atoms. The van der Waals surface area contributed by atoms with Crippen molar-refractivity contribution in [2.75, 3.05) is 6.61 Å². The van der Waals surface area contributed by atoms with Crippen molar-refractivity contribution in [3.8, 4) is 0 Å². The lowest BCUT2D eigenvalue weighted by Gasteiger charge is -2.15. The standard InChI is InChI=1S/C14H24O4/c1-2-11-17-13(15)9-10-14(16)18-12-7-5-3-4-6-8-12/h12H,2-11H2,1H3. The fraction of sp³-hybridized carbons (Fsp3) is 0.857. The zero-order valence-electron chi connectivity index (χ0n) is 11.3. The maximum absolute atomic E-state index is 11.6. The van der Waals surface area contributed by atoms with Crippen LogP contribution in [0.3, 0.4) is 0 Å². The fourth-order valence-electron chi connectivity index (χ4n) is 2.10. The third-order valence-corrected chi connectivity index (χ3v) is 3.10. The molecule has 4 heteroatoms. The third kappa shape index (κ3) is 6.62. The molecule has 4 nitrogen and oxygen atoms in total. The SMILES string of the molecule is CCCOC(=O)CCC(=O)OC1CCCCCC1. The minimum absolute atomic E-state index is 0.0617. The van der Waals surface area contributed by atoms with E-state index in [0.29, 0.717) is 6.61 Å². The van der Waals surface area contributed by atoms with Gasteiger partial charge in [0.15, 0.2) is 0 Å². The molecule has 0 amide bonds. The van der Waals surface area contributed by atoms with Crippen molar-refractivity contribution < 1.29 is 19.1 Å². The van der Waals surface area contributed by atoms with Crippen LogP contribution in [-0.2, 0) is 19.1 Å². The van der Waals surface area contributed by atoms with Gasteiger partial charge in [0.05, 0.1) is 19.4 Å². The summed E-state index contributed by atoms with van der Waals surface area (Å²) in [6, 6.07) is 0. The van der Waals surface area contributed by atoms with Gasteiger partial charge in [0.1, 0.15) is 6.10 Å². The highest BCUT2D eigenvalue weighted by Gasteiger charge is 2.17. The topological polar surface area (TPSA) is 52.6 Å². The smallest absolute Gasteiger partial charge is 0.306 e. The molecule has 1 saturated carbocycles. The highest BCUT2D eigenvalue weighted by molar-refractivity contribution is 5.77. The lowest BCUT2D eigenvalue weighted by molar-refractivity contribution is -0.154. The summed E-state index contributed by atoms with van der Waals surface area (Å²) in [5.41, 5.74) is 0. The van der Waals surface area contributed by atoms with E-state index in [2.05, 4.69) is 0 Å². The van der Waals surface area contributed by atoms with E-state index in [4.69, 9.17) is 9.47 Å². The zero-order valence-corrected chi connectivity index (χ0v) is 11.3. The quantitative estimate of drug-likeness (QED) is 0.541. The first-order valence-electron chi connectivity index (χ1n) is 7.07. The van der Waals surface area contributed by atoms with Gasteiger partial charge in [0, 0.05) is 0 Å². The maximum atomic E-state index is 11.6. The van der Waals surface area contributed by atoms with Crippen LogP contribution in [0, 0.1) is 0 Å². The Morgan fingerprint density at radius 2 is 1.61 bits per heavy atom. The molecular weight excluding hydrogens is 232 g/mol. The Kier molecular flexibility index (Phi) is 7.46. The van der Waals surface area contributed by atoms with Crippen molar-refractivity contribution in [3.63, 3.8) is 0 Å². The zero-order chi connectivity index (χ0) is 13.2. The number of esters is 2. The second-order valence-corrected chi connectivity index (χ2v) is 4.82. The molecule has 1 fully saturated rings. The van der Waals surface area contributed by atoms with Gasteiger partial charge in [-0.1, -0.05) is 19.8 Å². The summed E-state index contributed by atoms with van der Waals surface area (Å²) in [5, 5.41) is 0. The van der Waals surface area contributed by atoms with Crippen molar-refractivity contribution >= 4 is 11.9 Å². The van der Waals surface area contributed by atoms with E-state index < -0.39 is 0 Å². The van der Waals surface area contributed by atoms with Gasteiger partial charge in [-0.3, -0.25) is 9.59 Å². The Bertz CT molecular complexity index is 255. The van der Waals surface area contributed by atoms with Crippen LogP contribution in [0.25, 0.3) is 0 Å². The van der Waals surface area contributed by atoms with Crippen LogP contribution in [0.1, 0.15) is 64.7 Å². The minimum Gasteiger partial charge on any atom is -0.466 e. The van der Waals surface area contributed by atoms with Gasteiger partial charge < -0.3 is 9.47 Å². The first kappa shape index (κ1) is 15.0. The van der Waals surface area contributed by atoms with Crippen LogP contribution < -0.4 is 0 Å². The first-order chi connectivity index (χ1) is 8.72. The van der Waals surface area contributed by atoms with E-state index >= 15 is 0 Å². The number of carbonyl (C=O) groups is 2. The second-order valence-electron chi connectivity index (χ2n) is 4.82. The van der Waals surface area contributed by atoms with Crippen molar-refractivity contribution in [2.24, 2.45) is 0 Å². The van der Waals surface area contributed by atoms with Gasteiger partial charge in [0.25, 0.3) is 0 Å². The molecular formula is C14H24O4. The average molecular weight is 256 g/mol. The Labute approximate surface area is 109 Å². The summed E-state index contributed by atoms with van der Waals surface area (Å²) in [4.78, 5) is 22.8. The molecule has 1 rings (SSSR count). The molecule has 0 radical (unpaired) electrons. The minimum atomic E-state index is -0.310. The van der Waals surface area contributed by atoms with E-state index in [1.807, 2.05) is 6.92 Å². The molecule has 1 aliphatic rings. The molecule has 0 heterocycles. The summed E-state index contributed by atoms with van der Waals surface area (Å²) in [5.74, 6) is -0.579. The molecule has 0 atom stereocenters. The maximum Gasteiger partial charge on any atom is 0.306 e. The molecule has 18 heavy (non-hydrogen) atoms. The number of hydrogen-bond donors (Lipinski definition) is 0. The van der Waals surface area contributed by atoms with Crippen molar-refractivity contribution in [2.45, 2.75) is 70.8 Å². The largest absolute Gasteiger partial charge is 0.466 e. The Morgan fingerprint density at radius 3 is 2.22 bits per heavy atom. The summed E-state index contributed by atoms with van der Waals surface area (Å²) in [7, 11) is 0. The van der Waals surface area contributed by atoms with Gasteiger partial charge >= 0.3 is 11.9 Å². The van der Waals surface area contributed by atoms with Crippen LogP contribution in [0.5, 0.6) is 0 Å². The van der Waals surface area contributed by atoms with E-state index in [1.54, 1.807) is 0 Å². The summed E-state index contributed by atoms with van der Waals surface area (Å²) < 4.78 is 10.3. The van der Waals surface area contributed by atoms with E-state index in [0.717, 1.165) is 32.1 Å². The molecule has 0 saturated heterocycles.